The molecule has 0 spiro atoms. The van der Waals surface area contributed by atoms with Crippen LogP contribution in [0.25, 0.3) is 10.8 Å². The van der Waals surface area contributed by atoms with Gasteiger partial charge in [0.15, 0.2) is 0 Å². The minimum absolute atomic E-state index is 0.0121. The number of rotatable bonds is 3. The van der Waals surface area contributed by atoms with Crippen LogP contribution in [0.1, 0.15) is 50.7 Å². The maximum Gasteiger partial charge on any atom is 0.294 e. The Balaban J connectivity index is 2.94. The second kappa shape index (κ2) is 5.19. The maximum atomic E-state index is 11.6. The van der Waals surface area contributed by atoms with E-state index in [0.717, 1.165) is 10.8 Å². The van der Waals surface area contributed by atoms with E-state index in [4.69, 9.17) is 0 Å². The fourth-order valence-corrected chi connectivity index (χ4v) is 3.57. The van der Waals surface area contributed by atoms with E-state index in [0.29, 0.717) is 11.5 Å². The molecule has 0 aliphatic rings. The number of hydrogen-bond acceptors (Lipinski definition) is 2. The van der Waals surface area contributed by atoms with Gasteiger partial charge in [0.05, 0.1) is 4.90 Å². The van der Waals surface area contributed by atoms with E-state index in [1.165, 1.54) is 11.6 Å². The van der Waals surface area contributed by atoms with Crippen LogP contribution in [0.4, 0.5) is 0 Å². The number of benzene rings is 2. The minimum atomic E-state index is -4.20. The minimum Gasteiger partial charge on any atom is -0.282 e. The molecule has 0 saturated heterocycles. The molecular weight excluding hydrogens is 272 g/mol. The lowest BCUT2D eigenvalue weighted by atomic mass is 9.90. The summed E-state index contributed by atoms with van der Waals surface area (Å²) in [7, 11) is -4.20. The van der Waals surface area contributed by atoms with Crippen LogP contribution in [-0.2, 0) is 10.1 Å². The van der Waals surface area contributed by atoms with Crippen LogP contribution in [0.3, 0.4) is 0 Å². The molecule has 0 unspecified atom stereocenters. The zero-order valence-electron chi connectivity index (χ0n) is 12.2. The SMILES string of the molecule is CC(C)c1cccc2c(C(C)C)c(S(=O)(=O)O)ccc12. The van der Waals surface area contributed by atoms with Gasteiger partial charge in [0.25, 0.3) is 10.1 Å². The average molecular weight is 292 g/mol. The molecule has 3 nitrogen and oxygen atoms in total. The van der Waals surface area contributed by atoms with Crippen LogP contribution in [0, 0.1) is 0 Å². The molecule has 0 aliphatic carbocycles. The molecule has 108 valence electrons. The molecule has 0 atom stereocenters. The van der Waals surface area contributed by atoms with Gasteiger partial charge in [-0.25, -0.2) is 0 Å². The monoisotopic (exact) mass is 292 g/mol. The summed E-state index contributed by atoms with van der Waals surface area (Å²) < 4.78 is 32.6. The van der Waals surface area contributed by atoms with Gasteiger partial charge in [0.1, 0.15) is 0 Å². The zero-order valence-corrected chi connectivity index (χ0v) is 13.0. The van der Waals surface area contributed by atoms with E-state index in [9.17, 15) is 13.0 Å². The van der Waals surface area contributed by atoms with Crippen molar-refractivity contribution in [3.63, 3.8) is 0 Å². The van der Waals surface area contributed by atoms with Crippen molar-refractivity contribution < 1.29 is 13.0 Å². The zero-order chi connectivity index (χ0) is 15.1. The fraction of sp³-hybridized carbons (Fsp3) is 0.375. The normalized spacial score (nSPS) is 12.6. The molecule has 0 saturated carbocycles. The smallest absolute Gasteiger partial charge is 0.282 e. The van der Waals surface area contributed by atoms with Gasteiger partial charge in [0, 0.05) is 0 Å². The molecule has 2 rings (SSSR count). The first-order valence-corrected chi connectivity index (χ1v) is 8.20. The highest BCUT2D eigenvalue weighted by Crippen LogP contribution is 2.35. The Bertz CT molecular complexity index is 744. The Labute approximate surface area is 120 Å². The Morgan fingerprint density at radius 2 is 1.55 bits per heavy atom. The lowest BCUT2D eigenvalue weighted by Crippen LogP contribution is -2.06. The third-order valence-corrected chi connectivity index (χ3v) is 4.49. The fourth-order valence-electron chi connectivity index (χ4n) is 2.71. The summed E-state index contributed by atoms with van der Waals surface area (Å²) >= 11 is 0. The molecular formula is C16H20O3S. The predicted molar refractivity (Wildman–Crippen MR) is 81.9 cm³/mol. The van der Waals surface area contributed by atoms with Crippen molar-refractivity contribution in [2.24, 2.45) is 0 Å². The van der Waals surface area contributed by atoms with E-state index in [1.54, 1.807) is 6.07 Å². The lowest BCUT2D eigenvalue weighted by molar-refractivity contribution is 0.481. The highest BCUT2D eigenvalue weighted by atomic mass is 32.2. The summed E-state index contributed by atoms with van der Waals surface area (Å²) in [6.07, 6.45) is 0. The van der Waals surface area contributed by atoms with Crippen molar-refractivity contribution in [1.29, 1.82) is 0 Å². The first-order chi connectivity index (χ1) is 9.23. The van der Waals surface area contributed by atoms with Gasteiger partial charge >= 0.3 is 0 Å². The van der Waals surface area contributed by atoms with E-state index in [-0.39, 0.29) is 10.8 Å². The lowest BCUT2D eigenvalue weighted by Gasteiger charge is -2.17. The van der Waals surface area contributed by atoms with Crippen molar-refractivity contribution in [1.82, 2.24) is 0 Å². The predicted octanol–water partition coefficient (Wildman–Crippen LogP) is 4.33. The Kier molecular flexibility index (Phi) is 3.89. The first-order valence-electron chi connectivity index (χ1n) is 6.76. The molecule has 1 N–H and O–H groups in total. The second-order valence-electron chi connectivity index (χ2n) is 5.70. The van der Waals surface area contributed by atoms with Crippen LogP contribution in [0.15, 0.2) is 35.2 Å². The number of fused-ring (bicyclic) bond motifs is 1. The van der Waals surface area contributed by atoms with Crippen molar-refractivity contribution in [3.8, 4) is 0 Å². The molecule has 0 radical (unpaired) electrons. The first kappa shape index (κ1) is 15.0. The molecule has 0 amide bonds. The van der Waals surface area contributed by atoms with Gasteiger partial charge in [-0.2, -0.15) is 8.42 Å². The highest BCUT2D eigenvalue weighted by molar-refractivity contribution is 7.85. The second-order valence-corrected chi connectivity index (χ2v) is 7.09. The maximum absolute atomic E-state index is 11.6. The standard InChI is InChI=1S/C16H20O3S/c1-10(2)12-6-5-7-14-13(12)8-9-15(20(17,18)19)16(14)11(3)4/h5-11H,1-4H3,(H,17,18,19). The largest absolute Gasteiger partial charge is 0.294 e. The van der Waals surface area contributed by atoms with Gasteiger partial charge in [-0.1, -0.05) is 52.0 Å². The third-order valence-electron chi connectivity index (χ3n) is 3.57. The summed E-state index contributed by atoms with van der Waals surface area (Å²) in [4.78, 5) is 0.0147. The summed E-state index contributed by atoms with van der Waals surface area (Å²) in [6, 6.07) is 9.23. The number of hydrogen-bond donors (Lipinski definition) is 1. The molecule has 0 bridgehead atoms. The molecule has 0 heterocycles. The third kappa shape index (κ3) is 2.58. The van der Waals surface area contributed by atoms with E-state index in [2.05, 4.69) is 19.9 Å². The molecule has 0 aliphatic heterocycles. The van der Waals surface area contributed by atoms with Crippen molar-refractivity contribution in [3.05, 3.63) is 41.5 Å². The Morgan fingerprint density at radius 3 is 2.05 bits per heavy atom. The van der Waals surface area contributed by atoms with E-state index >= 15 is 0 Å². The molecule has 4 heteroatoms. The quantitative estimate of drug-likeness (QED) is 0.856. The average Bonchev–Trinajstić information content (AvgIpc) is 2.34. The molecule has 0 aromatic heterocycles. The Morgan fingerprint density at radius 1 is 0.900 bits per heavy atom. The van der Waals surface area contributed by atoms with Gasteiger partial charge in [-0.15, -0.1) is 0 Å². The molecule has 0 fully saturated rings. The topological polar surface area (TPSA) is 54.4 Å². The Hall–Kier alpha value is -1.39. The molecule has 20 heavy (non-hydrogen) atoms. The van der Waals surface area contributed by atoms with E-state index in [1.807, 2.05) is 26.0 Å². The van der Waals surface area contributed by atoms with E-state index < -0.39 is 10.1 Å². The van der Waals surface area contributed by atoms with Crippen molar-refractivity contribution in [2.45, 2.75) is 44.4 Å². The van der Waals surface area contributed by atoms with Crippen molar-refractivity contribution >= 4 is 20.9 Å². The van der Waals surface area contributed by atoms with Crippen LogP contribution in [-0.4, -0.2) is 13.0 Å². The summed E-state index contributed by atoms with van der Waals surface area (Å²) in [5.41, 5.74) is 1.87. The van der Waals surface area contributed by atoms with Gasteiger partial charge in [0.2, 0.25) is 0 Å². The van der Waals surface area contributed by atoms with Gasteiger partial charge in [-0.3, -0.25) is 4.55 Å². The van der Waals surface area contributed by atoms with Crippen LogP contribution < -0.4 is 0 Å². The molecule has 2 aromatic rings. The van der Waals surface area contributed by atoms with Gasteiger partial charge in [-0.05, 0) is 39.8 Å². The summed E-state index contributed by atoms with van der Waals surface area (Å²) in [5.74, 6) is 0.369. The van der Waals surface area contributed by atoms with Crippen LogP contribution in [0.2, 0.25) is 0 Å². The van der Waals surface area contributed by atoms with Crippen molar-refractivity contribution in [2.75, 3.05) is 0 Å². The summed E-state index contributed by atoms with van der Waals surface area (Å²) in [6.45, 7) is 8.10. The van der Waals surface area contributed by atoms with Crippen LogP contribution >= 0.6 is 0 Å². The summed E-state index contributed by atoms with van der Waals surface area (Å²) in [5, 5.41) is 1.96. The van der Waals surface area contributed by atoms with Crippen LogP contribution in [0.5, 0.6) is 0 Å². The molecule has 2 aromatic carbocycles. The highest BCUT2D eigenvalue weighted by Gasteiger charge is 2.21. The van der Waals surface area contributed by atoms with Gasteiger partial charge < -0.3 is 0 Å².